The first-order valence-electron chi connectivity index (χ1n) is 6.49. The summed E-state index contributed by atoms with van der Waals surface area (Å²) < 4.78 is 40.4. The molecule has 1 saturated heterocycles. The molecule has 7 heteroatoms. The van der Waals surface area contributed by atoms with Crippen LogP contribution < -0.4 is 4.72 Å². The van der Waals surface area contributed by atoms with Gasteiger partial charge in [0.25, 0.3) is 0 Å². The summed E-state index contributed by atoms with van der Waals surface area (Å²) in [4.78, 5) is -0.361. The predicted octanol–water partition coefficient (Wildman–Crippen LogP) is 1.74. The summed E-state index contributed by atoms with van der Waals surface area (Å²) in [6.07, 6.45) is 1.97. The number of halogens is 1. The van der Waals surface area contributed by atoms with E-state index in [0.717, 1.165) is 30.4 Å². The molecule has 1 aromatic carbocycles. The van der Waals surface area contributed by atoms with Gasteiger partial charge in [0, 0.05) is 6.54 Å². The first-order valence-corrected chi connectivity index (χ1v) is 9.13. The van der Waals surface area contributed by atoms with E-state index < -0.39 is 15.8 Å². The van der Waals surface area contributed by atoms with E-state index in [1.165, 1.54) is 12.1 Å². The first kappa shape index (κ1) is 15.8. The fraction of sp³-hybridized carbons (Fsp3) is 0.538. The number of thioether (sulfide) groups is 1. The molecule has 0 aromatic heterocycles. The Hall–Kier alpha value is -0.630. The molecule has 0 spiro atoms. The van der Waals surface area contributed by atoms with Crippen LogP contribution in [-0.4, -0.2) is 31.6 Å². The van der Waals surface area contributed by atoms with Crippen LogP contribution in [0.15, 0.2) is 23.1 Å². The van der Waals surface area contributed by atoms with Crippen LogP contribution in [0.1, 0.15) is 18.4 Å². The zero-order valence-corrected chi connectivity index (χ0v) is 12.6. The van der Waals surface area contributed by atoms with Crippen molar-refractivity contribution in [3.8, 4) is 0 Å². The van der Waals surface area contributed by atoms with Crippen LogP contribution in [0.3, 0.4) is 0 Å². The number of rotatable bonds is 5. The summed E-state index contributed by atoms with van der Waals surface area (Å²) in [5.74, 6) is 1.59. The van der Waals surface area contributed by atoms with Crippen LogP contribution in [0, 0.1) is 11.7 Å². The highest BCUT2D eigenvalue weighted by Crippen LogP contribution is 2.23. The molecule has 4 nitrogen and oxygen atoms in total. The van der Waals surface area contributed by atoms with Gasteiger partial charge in [-0.1, -0.05) is 6.07 Å². The van der Waals surface area contributed by atoms with Crippen LogP contribution in [0.5, 0.6) is 0 Å². The van der Waals surface area contributed by atoms with E-state index in [1.54, 1.807) is 0 Å². The van der Waals surface area contributed by atoms with E-state index in [-0.39, 0.29) is 11.5 Å². The van der Waals surface area contributed by atoms with Crippen LogP contribution >= 0.6 is 11.8 Å². The number of hydrogen-bond donors (Lipinski definition) is 2. The molecule has 112 valence electrons. The second-order valence-corrected chi connectivity index (χ2v) is 7.79. The van der Waals surface area contributed by atoms with Crippen molar-refractivity contribution in [2.24, 2.45) is 5.92 Å². The molecule has 2 rings (SSSR count). The normalized spacial score (nSPS) is 17.3. The lowest BCUT2D eigenvalue weighted by atomic mass is 10.0. The molecule has 1 fully saturated rings. The quantitative estimate of drug-likeness (QED) is 0.867. The summed E-state index contributed by atoms with van der Waals surface area (Å²) >= 11 is 1.87. The van der Waals surface area contributed by atoms with E-state index >= 15 is 0 Å². The highest BCUT2D eigenvalue weighted by Gasteiger charge is 2.21. The van der Waals surface area contributed by atoms with Crippen LogP contribution in [0.4, 0.5) is 4.39 Å². The van der Waals surface area contributed by atoms with Gasteiger partial charge in [0.05, 0.1) is 6.61 Å². The van der Waals surface area contributed by atoms with Gasteiger partial charge in [0.2, 0.25) is 10.0 Å². The molecule has 0 atom stereocenters. The van der Waals surface area contributed by atoms with Crippen molar-refractivity contribution < 1.29 is 17.9 Å². The molecule has 1 aliphatic rings. The molecular weight excluding hydrogens is 301 g/mol. The smallest absolute Gasteiger partial charge is 0.243 e. The van der Waals surface area contributed by atoms with E-state index in [9.17, 15) is 12.8 Å². The maximum Gasteiger partial charge on any atom is 0.243 e. The molecule has 0 bridgehead atoms. The van der Waals surface area contributed by atoms with Gasteiger partial charge in [-0.05, 0) is 48.0 Å². The van der Waals surface area contributed by atoms with Crippen molar-refractivity contribution in [3.05, 3.63) is 29.6 Å². The van der Waals surface area contributed by atoms with Crippen molar-refractivity contribution in [1.29, 1.82) is 0 Å². The Labute approximate surface area is 122 Å². The molecule has 0 radical (unpaired) electrons. The predicted molar refractivity (Wildman–Crippen MR) is 77.6 cm³/mol. The van der Waals surface area contributed by atoms with Crippen LogP contribution in [0.25, 0.3) is 0 Å². The minimum Gasteiger partial charge on any atom is -0.392 e. The lowest BCUT2D eigenvalue weighted by molar-refractivity contribution is 0.281. The number of aliphatic hydroxyl groups excluding tert-OH is 1. The van der Waals surface area contributed by atoms with Gasteiger partial charge in [-0.15, -0.1) is 0 Å². The first-order chi connectivity index (χ1) is 9.53. The maximum absolute atomic E-state index is 13.8. The van der Waals surface area contributed by atoms with Gasteiger partial charge in [0.1, 0.15) is 10.7 Å². The molecule has 0 aliphatic carbocycles. The van der Waals surface area contributed by atoms with Crippen LogP contribution in [-0.2, 0) is 16.6 Å². The summed E-state index contributed by atoms with van der Waals surface area (Å²) in [6.45, 7) is 0.0362. The lowest BCUT2D eigenvalue weighted by Crippen LogP contribution is -2.31. The van der Waals surface area contributed by atoms with Gasteiger partial charge >= 0.3 is 0 Å². The van der Waals surface area contributed by atoms with Gasteiger partial charge in [-0.2, -0.15) is 11.8 Å². The standard InChI is InChI=1S/C13H18FNO3S2/c14-12-7-11(9-16)1-2-13(12)20(17,18)15-8-10-3-5-19-6-4-10/h1-2,7,10,15-16H,3-6,8-9H2. The number of nitrogens with one attached hydrogen (secondary N) is 1. The Kier molecular flexibility index (Phi) is 5.42. The zero-order chi connectivity index (χ0) is 14.6. The molecule has 0 unspecified atom stereocenters. The summed E-state index contributed by atoms with van der Waals surface area (Å²) in [5, 5.41) is 8.90. The minimum atomic E-state index is -3.83. The third kappa shape index (κ3) is 3.94. The number of hydrogen-bond acceptors (Lipinski definition) is 4. The molecule has 2 N–H and O–H groups in total. The maximum atomic E-state index is 13.8. The average Bonchev–Trinajstić information content (AvgIpc) is 2.46. The van der Waals surface area contributed by atoms with Crippen molar-refractivity contribution in [1.82, 2.24) is 4.72 Å². The number of sulfonamides is 1. The Bertz CT molecular complexity index is 557. The fourth-order valence-electron chi connectivity index (χ4n) is 2.12. The van der Waals surface area contributed by atoms with Gasteiger partial charge < -0.3 is 5.11 Å². The molecule has 1 aliphatic heterocycles. The number of aliphatic hydroxyl groups is 1. The van der Waals surface area contributed by atoms with Crippen molar-refractivity contribution >= 4 is 21.8 Å². The van der Waals surface area contributed by atoms with Crippen molar-refractivity contribution in [2.45, 2.75) is 24.3 Å². The van der Waals surface area contributed by atoms with E-state index in [1.807, 2.05) is 11.8 Å². The van der Waals surface area contributed by atoms with Crippen LogP contribution in [0.2, 0.25) is 0 Å². The zero-order valence-electron chi connectivity index (χ0n) is 11.0. The molecule has 1 aromatic rings. The fourth-order valence-corrected chi connectivity index (χ4v) is 4.49. The highest BCUT2D eigenvalue weighted by molar-refractivity contribution is 7.99. The molecule has 0 saturated carbocycles. The second-order valence-electron chi connectivity index (χ2n) is 4.83. The van der Waals surface area contributed by atoms with Crippen molar-refractivity contribution in [2.75, 3.05) is 18.1 Å². The largest absolute Gasteiger partial charge is 0.392 e. The lowest BCUT2D eigenvalue weighted by Gasteiger charge is -2.21. The molecule has 1 heterocycles. The van der Waals surface area contributed by atoms with Gasteiger partial charge in [0.15, 0.2) is 0 Å². The highest BCUT2D eigenvalue weighted by atomic mass is 32.2. The Morgan fingerprint density at radius 1 is 1.35 bits per heavy atom. The summed E-state index contributed by atoms with van der Waals surface area (Å²) in [7, 11) is -3.83. The molecule has 20 heavy (non-hydrogen) atoms. The monoisotopic (exact) mass is 319 g/mol. The Balaban J connectivity index is 2.05. The van der Waals surface area contributed by atoms with E-state index in [0.29, 0.717) is 18.0 Å². The summed E-state index contributed by atoms with van der Waals surface area (Å²) in [6, 6.07) is 3.65. The van der Waals surface area contributed by atoms with E-state index in [4.69, 9.17) is 5.11 Å². The third-order valence-electron chi connectivity index (χ3n) is 3.37. The summed E-state index contributed by atoms with van der Waals surface area (Å²) in [5.41, 5.74) is 0.353. The SMILES string of the molecule is O=S(=O)(NCC1CCSCC1)c1ccc(CO)cc1F. The van der Waals surface area contributed by atoms with Crippen molar-refractivity contribution in [3.63, 3.8) is 0 Å². The minimum absolute atomic E-state index is 0.315. The topological polar surface area (TPSA) is 66.4 Å². The second kappa shape index (κ2) is 6.89. The van der Waals surface area contributed by atoms with Gasteiger partial charge in [-0.25, -0.2) is 17.5 Å². The average molecular weight is 319 g/mol. The number of benzene rings is 1. The molecule has 0 amide bonds. The molecular formula is C13H18FNO3S2. The van der Waals surface area contributed by atoms with Gasteiger partial charge in [-0.3, -0.25) is 0 Å². The Morgan fingerprint density at radius 3 is 2.65 bits per heavy atom. The van der Waals surface area contributed by atoms with E-state index in [2.05, 4.69) is 4.72 Å². The third-order valence-corrected chi connectivity index (χ3v) is 5.88. The Morgan fingerprint density at radius 2 is 2.05 bits per heavy atom.